The number of benzene rings is 5. The van der Waals surface area contributed by atoms with Gasteiger partial charge in [-0.15, -0.1) is 0 Å². The van der Waals surface area contributed by atoms with Crippen molar-refractivity contribution in [3.63, 3.8) is 0 Å². The van der Waals surface area contributed by atoms with E-state index in [0.717, 1.165) is 84.2 Å². The molecule has 2 heterocycles. The van der Waals surface area contributed by atoms with Crippen LogP contribution in [0.1, 0.15) is 52.9 Å². The fraction of sp³-hybridized carbons (Fsp3) is 0.302. The van der Waals surface area contributed by atoms with Crippen molar-refractivity contribution in [3.8, 4) is 11.1 Å². The zero-order valence-electron chi connectivity index (χ0n) is 28.4. The van der Waals surface area contributed by atoms with E-state index in [-0.39, 0.29) is 23.9 Å². The Morgan fingerprint density at radius 2 is 1.47 bits per heavy atom. The zero-order chi connectivity index (χ0) is 33.6. The first-order chi connectivity index (χ1) is 24.0. The van der Waals surface area contributed by atoms with Crippen LogP contribution in [0.2, 0.25) is 0 Å². The number of carbonyl (C=O) groups excluding carboxylic acids is 2. The predicted octanol–water partition coefficient (Wildman–Crippen LogP) is 7.35. The molecular formula is C43H46N4O2. The minimum atomic E-state index is -0.135. The van der Waals surface area contributed by atoms with Crippen molar-refractivity contribution in [1.29, 1.82) is 0 Å². The molecule has 2 aliphatic rings. The Balaban J connectivity index is 1.17. The molecule has 7 rings (SSSR count). The van der Waals surface area contributed by atoms with Crippen LogP contribution in [0.4, 0.5) is 0 Å². The Hall–Kier alpha value is -4.78. The number of likely N-dealkylation sites (tertiary alicyclic amines) is 1. The number of piperidine rings is 1. The summed E-state index contributed by atoms with van der Waals surface area (Å²) in [5.41, 5.74) is 6.14. The van der Waals surface area contributed by atoms with Crippen LogP contribution in [0.25, 0.3) is 21.9 Å². The van der Waals surface area contributed by atoms with E-state index in [0.29, 0.717) is 19.5 Å². The molecule has 0 saturated carbocycles. The van der Waals surface area contributed by atoms with Gasteiger partial charge in [-0.05, 0) is 70.5 Å². The van der Waals surface area contributed by atoms with E-state index in [1.807, 2.05) is 35.2 Å². The number of rotatable bonds is 9. The summed E-state index contributed by atoms with van der Waals surface area (Å²) in [5.74, 6) is 0.231. The van der Waals surface area contributed by atoms with Crippen molar-refractivity contribution in [1.82, 2.24) is 20.0 Å². The molecule has 250 valence electrons. The molecule has 5 aromatic carbocycles. The van der Waals surface area contributed by atoms with Crippen LogP contribution in [0.3, 0.4) is 0 Å². The van der Waals surface area contributed by atoms with Crippen LogP contribution in [0.5, 0.6) is 0 Å². The van der Waals surface area contributed by atoms with Crippen molar-refractivity contribution < 1.29 is 9.59 Å². The smallest absolute Gasteiger partial charge is 0.254 e. The molecular weight excluding hydrogens is 604 g/mol. The molecule has 1 atom stereocenters. The molecule has 2 fully saturated rings. The maximum absolute atomic E-state index is 14.6. The van der Waals surface area contributed by atoms with E-state index in [1.165, 1.54) is 5.56 Å². The summed E-state index contributed by atoms with van der Waals surface area (Å²) in [6, 6.07) is 41.7. The van der Waals surface area contributed by atoms with Gasteiger partial charge in [-0.2, -0.15) is 0 Å². The summed E-state index contributed by atoms with van der Waals surface area (Å²) in [6.07, 6.45) is 2.22. The zero-order valence-corrected chi connectivity index (χ0v) is 28.4. The van der Waals surface area contributed by atoms with Crippen LogP contribution in [0, 0.1) is 0 Å². The Labute approximate surface area is 290 Å². The monoisotopic (exact) mass is 650 g/mol. The Morgan fingerprint density at radius 1 is 0.776 bits per heavy atom. The van der Waals surface area contributed by atoms with Gasteiger partial charge in [0.15, 0.2) is 0 Å². The Bertz CT molecular complexity index is 1890. The third kappa shape index (κ3) is 7.46. The van der Waals surface area contributed by atoms with Gasteiger partial charge < -0.3 is 15.1 Å². The summed E-state index contributed by atoms with van der Waals surface area (Å²) in [7, 11) is 0. The number of piperazine rings is 1. The van der Waals surface area contributed by atoms with Gasteiger partial charge in [0.2, 0.25) is 5.91 Å². The van der Waals surface area contributed by atoms with Gasteiger partial charge in [-0.3, -0.25) is 14.5 Å². The molecule has 1 unspecified atom stereocenters. The van der Waals surface area contributed by atoms with Crippen LogP contribution in [-0.2, 0) is 17.8 Å². The van der Waals surface area contributed by atoms with Gasteiger partial charge in [0.1, 0.15) is 0 Å². The van der Waals surface area contributed by atoms with Gasteiger partial charge in [0.25, 0.3) is 5.91 Å². The number of hydrogen-bond donors (Lipinski definition) is 1. The minimum Gasteiger partial charge on any atom is -0.336 e. The van der Waals surface area contributed by atoms with E-state index >= 15 is 0 Å². The molecule has 6 nitrogen and oxygen atoms in total. The molecule has 0 bridgehead atoms. The average Bonchev–Trinajstić information content (AvgIpc) is 3.16. The van der Waals surface area contributed by atoms with Crippen molar-refractivity contribution in [2.24, 2.45) is 0 Å². The van der Waals surface area contributed by atoms with E-state index in [4.69, 9.17) is 0 Å². The highest BCUT2D eigenvalue weighted by molar-refractivity contribution is 6.01. The van der Waals surface area contributed by atoms with Gasteiger partial charge in [0.05, 0.1) is 12.5 Å². The number of hydrogen-bond acceptors (Lipinski definition) is 4. The first-order valence-corrected chi connectivity index (χ1v) is 17.8. The van der Waals surface area contributed by atoms with Crippen molar-refractivity contribution in [2.45, 2.75) is 44.8 Å². The normalized spacial score (nSPS) is 16.4. The van der Waals surface area contributed by atoms with Crippen LogP contribution >= 0.6 is 0 Å². The SMILES string of the molecule is CC(c1cccc(-c2ccccc2C(=O)N2CCNCC2)c1)N(C(=O)Cc1cccc2ccccc12)C1CCN(Cc2ccccc2)CC1. The minimum absolute atomic E-state index is 0.0738. The number of nitrogens with one attached hydrogen (secondary N) is 1. The van der Waals surface area contributed by atoms with Crippen molar-refractivity contribution in [3.05, 3.63) is 144 Å². The van der Waals surface area contributed by atoms with E-state index in [9.17, 15) is 9.59 Å². The fourth-order valence-electron chi connectivity index (χ4n) is 7.72. The van der Waals surface area contributed by atoms with Crippen LogP contribution < -0.4 is 5.32 Å². The van der Waals surface area contributed by atoms with E-state index < -0.39 is 0 Å². The summed E-state index contributed by atoms with van der Waals surface area (Å²) < 4.78 is 0. The Kier molecular flexibility index (Phi) is 10.2. The van der Waals surface area contributed by atoms with Crippen LogP contribution in [-0.4, -0.2) is 71.8 Å². The number of fused-ring (bicyclic) bond motifs is 1. The molecule has 2 aliphatic heterocycles. The maximum atomic E-state index is 14.6. The largest absolute Gasteiger partial charge is 0.336 e. The molecule has 5 aromatic rings. The van der Waals surface area contributed by atoms with Gasteiger partial charge in [0, 0.05) is 57.4 Å². The third-order valence-corrected chi connectivity index (χ3v) is 10.4. The average molecular weight is 651 g/mol. The second-order valence-corrected chi connectivity index (χ2v) is 13.5. The standard InChI is InChI=1S/C43H46N4O2/c1-32(35-15-10-16-36(29-35)40-19-7-8-20-41(40)43(49)46-27-23-44-24-28-46)47(38-21-25-45(26-22-38)31-33-11-3-2-4-12-33)42(48)30-37-17-9-14-34-13-5-6-18-39(34)37/h2-20,29,32,38,44H,21-28,30-31H2,1H3. The molecule has 6 heteroatoms. The topological polar surface area (TPSA) is 55.9 Å². The summed E-state index contributed by atoms with van der Waals surface area (Å²) in [6.45, 7) is 8.06. The van der Waals surface area contributed by atoms with Crippen molar-refractivity contribution >= 4 is 22.6 Å². The van der Waals surface area contributed by atoms with Gasteiger partial charge >= 0.3 is 0 Å². The second kappa shape index (κ2) is 15.2. The first kappa shape index (κ1) is 32.8. The lowest BCUT2D eigenvalue weighted by molar-refractivity contribution is -0.136. The molecule has 0 aliphatic carbocycles. The number of amides is 2. The highest BCUT2D eigenvalue weighted by atomic mass is 16.2. The second-order valence-electron chi connectivity index (χ2n) is 13.5. The quantitative estimate of drug-likeness (QED) is 0.181. The number of nitrogens with zero attached hydrogens (tertiary/aromatic N) is 3. The summed E-state index contributed by atoms with van der Waals surface area (Å²) >= 11 is 0. The maximum Gasteiger partial charge on any atom is 0.254 e. The van der Waals surface area contributed by atoms with E-state index in [1.54, 1.807) is 0 Å². The lowest BCUT2D eigenvalue weighted by Gasteiger charge is -2.42. The summed E-state index contributed by atoms with van der Waals surface area (Å²) in [5, 5.41) is 5.63. The highest BCUT2D eigenvalue weighted by Crippen LogP contribution is 2.33. The fourth-order valence-corrected chi connectivity index (χ4v) is 7.72. The lowest BCUT2D eigenvalue weighted by Crippen LogP contribution is -2.48. The van der Waals surface area contributed by atoms with E-state index in [2.05, 4.69) is 113 Å². The predicted molar refractivity (Wildman–Crippen MR) is 198 cm³/mol. The molecule has 49 heavy (non-hydrogen) atoms. The highest BCUT2D eigenvalue weighted by Gasteiger charge is 2.32. The van der Waals surface area contributed by atoms with Crippen LogP contribution in [0.15, 0.2) is 121 Å². The van der Waals surface area contributed by atoms with Crippen molar-refractivity contribution in [2.75, 3.05) is 39.3 Å². The Morgan fingerprint density at radius 3 is 2.29 bits per heavy atom. The molecule has 0 radical (unpaired) electrons. The molecule has 2 saturated heterocycles. The summed E-state index contributed by atoms with van der Waals surface area (Å²) in [4.78, 5) is 34.9. The third-order valence-electron chi connectivity index (χ3n) is 10.4. The molecule has 2 amide bonds. The molecule has 0 spiro atoms. The number of carbonyl (C=O) groups is 2. The molecule has 1 N–H and O–H groups in total. The first-order valence-electron chi connectivity index (χ1n) is 17.8. The molecule has 0 aromatic heterocycles. The van der Waals surface area contributed by atoms with Gasteiger partial charge in [-0.1, -0.05) is 109 Å². The van der Waals surface area contributed by atoms with Gasteiger partial charge in [-0.25, -0.2) is 0 Å². The lowest BCUT2D eigenvalue weighted by atomic mass is 9.93.